The maximum absolute atomic E-state index is 12.9. The van der Waals surface area contributed by atoms with E-state index in [0.717, 1.165) is 49.2 Å². The van der Waals surface area contributed by atoms with Gasteiger partial charge in [0.15, 0.2) is 0 Å². The van der Waals surface area contributed by atoms with E-state index in [2.05, 4.69) is 27.6 Å². The number of carbonyl (C=O) groups excluding carboxylic acids is 1. The number of piperidine rings is 1. The highest BCUT2D eigenvalue weighted by Gasteiger charge is 2.25. The Balaban J connectivity index is 1.38. The lowest BCUT2D eigenvalue weighted by Gasteiger charge is -2.31. The summed E-state index contributed by atoms with van der Waals surface area (Å²) in [5.74, 6) is 0.653. The highest BCUT2D eigenvalue weighted by atomic mass is 35.5. The fourth-order valence-corrected chi connectivity index (χ4v) is 4.33. The van der Waals surface area contributed by atoms with Crippen molar-refractivity contribution >= 4 is 35.2 Å². The third kappa shape index (κ3) is 5.40. The van der Waals surface area contributed by atoms with Crippen molar-refractivity contribution in [3.05, 3.63) is 51.3 Å². The Bertz CT molecular complexity index is 948. The molecule has 0 bridgehead atoms. The molecule has 1 unspecified atom stereocenters. The molecule has 1 fully saturated rings. The van der Waals surface area contributed by atoms with Crippen LogP contribution in [0.5, 0.6) is 0 Å². The van der Waals surface area contributed by atoms with Crippen LogP contribution in [0, 0.1) is 0 Å². The molecule has 2 amide bonds. The van der Waals surface area contributed by atoms with Gasteiger partial charge in [-0.25, -0.2) is 14.8 Å². The van der Waals surface area contributed by atoms with Crippen molar-refractivity contribution in [2.75, 3.05) is 32.0 Å². The monoisotopic (exact) mass is 462 g/mol. The number of aromatic nitrogens is 2. The number of hydrogen-bond donors (Lipinski definition) is 2. The lowest BCUT2D eigenvalue weighted by Crippen LogP contribution is -2.44. The number of urea groups is 1. The van der Waals surface area contributed by atoms with Gasteiger partial charge >= 0.3 is 6.03 Å². The van der Waals surface area contributed by atoms with Crippen molar-refractivity contribution in [3.63, 3.8) is 0 Å². The minimum Gasteiger partial charge on any atom is -0.351 e. The first-order chi connectivity index (χ1) is 14.9. The number of halogens is 2. The van der Waals surface area contributed by atoms with Crippen LogP contribution in [0.25, 0.3) is 0 Å². The molecule has 0 saturated carbocycles. The molecule has 1 aromatic carbocycles. The topological polar surface area (TPSA) is 73.4 Å². The number of amides is 2. The Morgan fingerprint density at radius 1 is 1.19 bits per heavy atom. The normalized spacial score (nSPS) is 18.4. The van der Waals surface area contributed by atoms with Gasteiger partial charge in [-0.1, -0.05) is 29.3 Å². The number of hydrogen-bond acceptors (Lipinski definition) is 5. The minimum atomic E-state index is -0.185. The van der Waals surface area contributed by atoms with Crippen LogP contribution in [0.1, 0.15) is 42.6 Å². The van der Waals surface area contributed by atoms with Crippen molar-refractivity contribution in [1.29, 1.82) is 0 Å². The zero-order valence-corrected chi connectivity index (χ0v) is 19.4. The standard InChI is InChI=1S/C22H28Cl2N6O/c1-14(15-3-4-18(23)19(24)11-15)26-22(31)30-10-5-16-12-25-21(28-20(16)13-30)27-17-6-8-29(2)9-7-17/h3-4,11-12,14,17H,5-10,13H2,1-2H3,(H,26,31)(H,25,27,28). The van der Waals surface area contributed by atoms with Crippen LogP contribution in [0.15, 0.2) is 24.4 Å². The first-order valence-corrected chi connectivity index (χ1v) is 11.4. The predicted molar refractivity (Wildman–Crippen MR) is 124 cm³/mol. The summed E-state index contributed by atoms with van der Waals surface area (Å²) in [5.41, 5.74) is 2.93. The number of fused-ring (bicyclic) bond motifs is 1. The van der Waals surface area contributed by atoms with Gasteiger partial charge in [0.1, 0.15) is 0 Å². The van der Waals surface area contributed by atoms with Gasteiger partial charge in [-0.15, -0.1) is 0 Å². The summed E-state index contributed by atoms with van der Waals surface area (Å²) in [4.78, 5) is 26.2. The second-order valence-corrected chi connectivity index (χ2v) is 9.22. The third-order valence-corrected chi connectivity index (χ3v) is 6.81. The summed E-state index contributed by atoms with van der Waals surface area (Å²) in [6.45, 7) is 5.19. The summed E-state index contributed by atoms with van der Waals surface area (Å²) in [6.07, 6.45) is 4.81. The van der Waals surface area contributed by atoms with Gasteiger partial charge in [0.2, 0.25) is 5.95 Å². The van der Waals surface area contributed by atoms with Gasteiger partial charge in [0.05, 0.1) is 28.3 Å². The zero-order valence-electron chi connectivity index (χ0n) is 17.9. The minimum absolute atomic E-state index is 0.118. The second kappa shape index (κ2) is 9.59. The number of anilines is 1. The van der Waals surface area contributed by atoms with Crippen LogP contribution in [0.2, 0.25) is 10.0 Å². The molecular formula is C22H28Cl2N6O. The van der Waals surface area contributed by atoms with Crippen LogP contribution in [0.4, 0.5) is 10.7 Å². The molecule has 2 N–H and O–H groups in total. The fraction of sp³-hybridized carbons (Fsp3) is 0.500. The Labute approximate surface area is 193 Å². The largest absolute Gasteiger partial charge is 0.351 e. The third-order valence-electron chi connectivity index (χ3n) is 6.07. The molecule has 2 aromatic rings. The smallest absolute Gasteiger partial charge is 0.318 e. The first kappa shape index (κ1) is 22.1. The Kier molecular flexibility index (Phi) is 6.84. The van der Waals surface area contributed by atoms with Crippen LogP contribution in [-0.4, -0.2) is 58.5 Å². The summed E-state index contributed by atoms with van der Waals surface area (Å²) in [5, 5.41) is 7.50. The van der Waals surface area contributed by atoms with Crippen molar-refractivity contribution in [1.82, 2.24) is 25.1 Å². The molecule has 0 spiro atoms. The number of likely N-dealkylation sites (tertiary alicyclic amines) is 1. The molecule has 2 aliphatic rings. The Hall–Kier alpha value is -2.09. The van der Waals surface area contributed by atoms with Gasteiger partial charge in [-0.3, -0.25) is 0 Å². The van der Waals surface area contributed by atoms with Crippen molar-refractivity contribution < 1.29 is 4.79 Å². The lowest BCUT2D eigenvalue weighted by molar-refractivity contribution is 0.188. The average Bonchev–Trinajstić information content (AvgIpc) is 2.76. The number of rotatable bonds is 4. The number of nitrogens with zero attached hydrogens (tertiary/aromatic N) is 4. The molecule has 2 aliphatic heterocycles. The molecule has 1 saturated heterocycles. The molecule has 31 heavy (non-hydrogen) atoms. The van der Waals surface area contributed by atoms with E-state index in [4.69, 9.17) is 28.2 Å². The molecule has 1 aromatic heterocycles. The second-order valence-electron chi connectivity index (χ2n) is 8.40. The maximum Gasteiger partial charge on any atom is 0.318 e. The van der Waals surface area contributed by atoms with E-state index in [1.807, 2.05) is 19.2 Å². The van der Waals surface area contributed by atoms with Crippen LogP contribution >= 0.6 is 23.2 Å². The predicted octanol–water partition coefficient (Wildman–Crippen LogP) is 4.12. The van der Waals surface area contributed by atoms with E-state index >= 15 is 0 Å². The summed E-state index contributed by atoms with van der Waals surface area (Å²) in [7, 11) is 2.15. The van der Waals surface area contributed by atoms with E-state index in [1.54, 1.807) is 17.0 Å². The molecular weight excluding hydrogens is 435 g/mol. The van der Waals surface area contributed by atoms with E-state index in [0.29, 0.717) is 35.1 Å². The molecule has 1 atom stereocenters. The average molecular weight is 463 g/mol. The van der Waals surface area contributed by atoms with E-state index < -0.39 is 0 Å². The maximum atomic E-state index is 12.9. The number of benzene rings is 1. The Morgan fingerprint density at radius 3 is 2.71 bits per heavy atom. The summed E-state index contributed by atoms with van der Waals surface area (Å²) >= 11 is 12.1. The molecule has 4 rings (SSSR count). The van der Waals surface area contributed by atoms with Gasteiger partial charge in [0.25, 0.3) is 0 Å². The number of carbonyl (C=O) groups is 1. The van der Waals surface area contributed by atoms with Crippen LogP contribution in [-0.2, 0) is 13.0 Å². The fourth-order valence-electron chi connectivity index (χ4n) is 4.02. The molecule has 166 valence electrons. The summed E-state index contributed by atoms with van der Waals surface area (Å²) in [6, 6.07) is 5.50. The van der Waals surface area contributed by atoms with E-state index in [-0.39, 0.29) is 12.1 Å². The molecule has 3 heterocycles. The molecule has 7 nitrogen and oxygen atoms in total. The first-order valence-electron chi connectivity index (χ1n) is 10.7. The lowest BCUT2D eigenvalue weighted by atomic mass is 10.1. The van der Waals surface area contributed by atoms with E-state index in [1.165, 1.54) is 0 Å². The quantitative estimate of drug-likeness (QED) is 0.714. The van der Waals surface area contributed by atoms with Crippen molar-refractivity contribution in [2.24, 2.45) is 0 Å². The molecule has 0 radical (unpaired) electrons. The van der Waals surface area contributed by atoms with Crippen molar-refractivity contribution in [3.8, 4) is 0 Å². The highest BCUT2D eigenvalue weighted by Crippen LogP contribution is 2.26. The highest BCUT2D eigenvalue weighted by molar-refractivity contribution is 6.42. The molecule has 9 heteroatoms. The summed E-state index contributed by atoms with van der Waals surface area (Å²) < 4.78 is 0. The zero-order chi connectivity index (χ0) is 22.0. The number of nitrogens with one attached hydrogen (secondary N) is 2. The van der Waals surface area contributed by atoms with Gasteiger partial charge in [0, 0.05) is 18.8 Å². The molecule has 0 aliphatic carbocycles. The SMILES string of the molecule is CC(NC(=O)N1CCc2cnc(NC3CCN(C)CC3)nc2C1)c1ccc(Cl)c(Cl)c1. The van der Waals surface area contributed by atoms with E-state index in [9.17, 15) is 4.79 Å². The van der Waals surface area contributed by atoms with Crippen LogP contribution < -0.4 is 10.6 Å². The Morgan fingerprint density at radius 2 is 1.97 bits per heavy atom. The van der Waals surface area contributed by atoms with Crippen LogP contribution in [0.3, 0.4) is 0 Å². The van der Waals surface area contributed by atoms with Gasteiger partial charge in [-0.2, -0.15) is 0 Å². The van der Waals surface area contributed by atoms with Gasteiger partial charge < -0.3 is 20.4 Å². The van der Waals surface area contributed by atoms with Crippen molar-refractivity contribution in [2.45, 2.75) is 44.8 Å². The van der Waals surface area contributed by atoms with Gasteiger partial charge in [-0.05, 0) is 69.6 Å².